The summed E-state index contributed by atoms with van der Waals surface area (Å²) in [6.07, 6.45) is 2.26. The van der Waals surface area contributed by atoms with Gasteiger partial charge in [0.15, 0.2) is 0 Å². The molecule has 0 unspecified atom stereocenters. The fourth-order valence-corrected chi connectivity index (χ4v) is 1.86. The monoisotopic (exact) mass is 333 g/mol. The van der Waals surface area contributed by atoms with Gasteiger partial charge in [-0.25, -0.2) is 0 Å². The number of pyridine rings is 1. The Morgan fingerprint density at radius 3 is 2.45 bits per heavy atom. The summed E-state index contributed by atoms with van der Waals surface area (Å²) in [6.45, 7) is 2.49. The van der Waals surface area contributed by atoms with E-state index in [1.165, 1.54) is 0 Å². The molecule has 1 amide bonds. The molecule has 2 rings (SSSR count). The van der Waals surface area contributed by atoms with Gasteiger partial charge in [0.25, 0.3) is 0 Å². The van der Waals surface area contributed by atoms with E-state index in [1.54, 1.807) is 6.20 Å². The number of amides is 1. The summed E-state index contributed by atoms with van der Waals surface area (Å²) in [4.78, 5) is 15.6. The van der Waals surface area contributed by atoms with Crippen molar-refractivity contribution in [2.45, 2.75) is 19.9 Å². The highest BCUT2D eigenvalue weighted by Crippen LogP contribution is 2.15. The van der Waals surface area contributed by atoms with Crippen LogP contribution < -0.4 is 10.6 Å². The van der Waals surface area contributed by atoms with Crippen LogP contribution in [-0.2, 0) is 11.3 Å². The molecule has 4 nitrogen and oxygen atoms in total. The third kappa shape index (κ3) is 4.35. The molecule has 0 aliphatic rings. The maximum absolute atomic E-state index is 11.3. The molecular weight excluding hydrogens is 318 g/mol. The van der Waals surface area contributed by atoms with Crippen molar-refractivity contribution in [1.82, 2.24) is 4.98 Å². The maximum atomic E-state index is 11.3. The van der Waals surface area contributed by atoms with Crippen LogP contribution in [0, 0.1) is 0 Å². The molecule has 0 fully saturated rings. The van der Waals surface area contributed by atoms with Crippen LogP contribution in [0.4, 0.5) is 11.4 Å². The zero-order valence-corrected chi connectivity index (χ0v) is 12.8. The second kappa shape index (κ2) is 7.05. The van der Waals surface area contributed by atoms with Crippen LogP contribution in [0.15, 0.2) is 47.1 Å². The summed E-state index contributed by atoms with van der Waals surface area (Å²) in [5.41, 5.74) is 2.77. The molecule has 104 valence electrons. The molecule has 1 heterocycles. The molecule has 5 heteroatoms. The van der Waals surface area contributed by atoms with Gasteiger partial charge in [-0.3, -0.25) is 9.78 Å². The Balaban J connectivity index is 1.90. The molecule has 0 aliphatic carbocycles. The van der Waals surface area contributed by atoms with Gasteiger partial charge < -0.3 is 10.6 Å². The van der Waals surface area contributed by atoms with E-state index in [2.05, 4.69) is 31.5 Å². The minimum absolute atomic E-state index is 0.0183. The number of hydrogen-bond donors (Lipinski definition) is 2. The Bertz CT molecular complexity index is 567. The van der Waals surface area contributed by atoms with Crippen LogP contribution in [0.3, 0.4) is 0 Å². The smallest absolute Gasteiger partial charge is 0.224 e. The zero-order chi connectivity index (χ0) is 14.4. The third-order valence-corrected chi connectivity index (χ3v) is 3.22. The minimum Gasteiger partial charge on any atom is -0.379 e. The van der Waals surface area contributed by atoms with Crippen LogP contribution in [0.5, 0.6) is 0 Å². The molecule has 1 aromatic heterocycles. The average molecular weight is 334 g/mol. The van der Waals surface area contributed by atoms with Gasteiger partial charge >= 0.3 is 0 Å². The molecule has 20 heavy (non-hydrogen) atoms. The molecule has 2 aromatic rings. The fraction of sp³-hybridized carbons (Fsp3) is 0.200. The molecule has 0 saturated heterocycles. The van der Waals surface area contributed by atoms with Crippen molar-refractivity contribution >= 4 is 33.2 Å². The van der Waals surface area contributed by atoms with Crippen molar-refractivity contribution in [3.05, 3.63) is 52.8 Å². The van der Waals surface area contributed by atoms with Crippen LogP contribution in [0.2, 0.25) is 0 Å². The van der Waals surface area contributed by atoms with Crippen molar-refractivity contribution < 1.29 is 4.79 Å². The number of nitrogens with one attached hydrogen (secondary N) is 2. The van der Waals surface area contributed by atoms with Crippen LogP contribution >= 0.6 is 15.9 Å². The van der Waals surface area contributed by atoms with Gasteiger partial charge in [0.2, 0.25) is 5.91 Å². The molecule has 1 aromatic carbocycles. The van der Waals surface area contributed by atoms with Gasteiger partial charge in [-0.2, -0.15) is 0 Å². The van der Waals surface area contributed by atoms with E-state index in [0.717, 1.165) is 21.5 Å². The Morgan fingerprint density at radius 2 is 1.85 bits per heavy atom. The first kappa shape index (κ1) is 14.5. The predicted molar refractivity (Wildman–Crippen MR) is 84.6 cm³/mol. The van der Waals surface area contributed by atoms with Crippen molar-refractivity contribution in [2.24, 2.45) is 0 Å². The number of aromatic nitrogens is 1. The van der Waals surface area contributed by atoms with Crippen LogP contribution in [0.1, 0.15) is 19.0 Å². The Kier molecular flexibility index (Phi) is 5.12. The zero-order valence-electron chi connectivity index (χ0n) is 11.2. The summed E-state index contributed by atoms with van der Waals surface area (Å²) >= 11 is 3.36. The lowest BCUT2D eigenvalue weighted by Crippen LogP contribution is -2.09. The maximum Gasteiger partial charge on any atom is 0.224 e. The highest BCUT2D eigenvalue weighted by molar-refractivity contribution is 9.10. The topological polar surface area (TPSA) is 54.0 Å². The van der Waals surface area contributed by atoms with Crippen molar-refractivity contribution in [3.8, 4) is 0 Å². The van der Waals surface area contributed by atoms with E-state index in [1.807, 2.05) is 43.3 Å². The summed E-state index contributed by atoms with van der Waals surface area (Å²) in [5, 5.41) is 6.10. The third-order valence-electron chi connectivity index (χ3n) is 2.75. The van der Waals surface area contributed by atoms with Crippen LogP contribution in [0.25, 0.3) is 0 Å². The standard InChI is InChI=1S/C15H16BrN3O/c1-2-15(20)19-13-7-5-12(6-8-13)18-10-14-4-3-11(16)9-17-14/h3-9,18H,2,10H2,1H3,(H,19,20). The minimum atomic E-state index is 0.0183. The number of halogens is 1. The van der Waals surface area contributed by atoms with Crippen molar-refractivity contribution in [2.75, 3.05) is 10.6 Å². The van der Waals surface area contributed by atoms with E-state index in [-0.39, 0.29) is 5.91 Å². The summed E-state index contributed by atoms with van der Waals surface area (Å²) in [6, 6.07) is 11.6. The number of carbonyl (C=O) groups excluding carboxylic acids is 1. The second-order valence-electron chi connectivity index (χ2n) is 4.30. The van der Waals surface area contributed by atoms with Crippen LogP contribution in [-0.4, -0.2) is 10.9 Å². The number of anilines is 2. The average Bonchev–Trinajstić information content (AvgIpc) is 2.48. The molecule has 0 spiro atoms. The molecule has 0 aliphatic heterocycles. The van der Waals surface area contributed by atoms with Gasteiger partial charge in [0.1, 0.15) is 0 Å². The van der Waals surface area contributed by atoms with Crippen molar-refractivity contribution in [3.63, 3.8) is 0 Å². The molecule has 0 radical (unpaired) electrons. The fourth-order valence-electron chi connectivity index (χ4n) is 1.62. The van der Waals surface area contributed by atoms with E-state index in [4.69, 9.17) is 0 Å². The number of benzene rings is 1. The number of hydrogen-bond acceptors (Lipinski definition) is 3. The summed E-state index contributed by atoms with van der Waals surface area (Å²) in [7, 11) is 0. The quantitative estimate of drug-likeness (QED) is 0.874. The molecule has 0 atom stereocenters. The molecule has 2 N–H and O–H groups in total. The SMILES string of the molecule is CCC(=O)Nc1ccc(NCc2ccc(Br)cn2)cc1. The normalized spacial score (nSPS) is 10.1. The van der Waals surface area contributed by atoms with E-state index in [9.17, 15) is 4.79 Å². The van der Waals surface area contributed by atoms with E-state index in [0.29, 0.717) is 13.0 Å². The predicted octanol–water partition coefficient (Wildman–Crippen LogP) is 3.80. The highest BCUT2D eigenvalue weighted by atomic mass is 79.9. The molecular formula is C15H16BrN3O. The lowest BCUT2D eigenvalue weighted by atomic mass is 10.2. The lowest BCUT2D eigenvalue weighted by Gasteiger charge is -2.08. The van der Waals surface area contributed by atoms with Gasteiger partial charge in [0, 0.05) is 28.5 Å². The highest BCUT2D eigenvalue weighted by Gasteiger charge is 1.99. The summed E-state index contributed by atoms with van der Waals surface area (Å²) in [5.74, 6) is 0.0183. The van der Waals surface area contributed by atoms with Gasteiger partial charge in [-0.1, -0.05) is 6.92 Å². The Hall–Kier alpha value is -1.88. The second-order valence-corrected chi connectivity index (χ2v) is 5.22. The Labute approximate surface area is 126 Å². The number of nitrogens with zero attached hydrogens (tertiary/aromatic N) is 1. The largest absolute Gasteiger partial charge is 0.379 e. The van der Waals surface area contributed by atoms with Gasteiger partial charge in [-0.15, -0.1) is 0 Å². The first-order valence-corrected chi connectivity index (χ1v) is 7.21. The lowest BCUT2D eigenvalue weighted by molar-refractivity contribution is -0.115. The van der Waals surface area contributed by atoms with Gasteiger partial charge in [0.05, 0.1) is 12.2 Å². The van der Waals surface area contributed by atoms with Gasteiger partial charge in [-0.05, 0) is 52.3 Å². The first-order chi connectivity index (χ1) is 9.67. The first-order valence-electron chi connectivity index (χ1n) is 6.41. The van der Waals surface area contributed by atoms with Crippen molar-refractivity contribution in [1.29, 1.82) is 0 Å². The number of carbonyl (C=O) groups is 1. The Morgan fingerprint density at radius 1 is 1.15 bits per heavy atom. The number of rotatable bonds is 5. The molecule has 0 saturated carbocycles. The summed E-state index contributed by atoms with van der Waals surface area (Å²) < 4.78 is 0.970. The molecule has 0 bridgehead atoms. The van der Waals surface area contributed by atoms with E-state index >= 15 is 0 Å². The van der Waals surface area contributed by atoms with E-state index < -0.39 is 0 Å².